The van der Waals surface area contributed by atoms with E-state index in [9.17, 15) is 4.21 Å². The van der Waals surface area contributed by atoms with E-state index in [4.69, 9.17) is 4.74 Å². The normalized spacial score (nSPS) is 22.6. The average molecular weight is 281 g/mol. The van der Waals surface area contributed by atoms with Gasteiger partial charge in [0, 0.05) is 20.2 Å². The van der Waals surface area contributed by atoms with Crippen molar-refractivity contribution >= 4 is 11.0 Å². The van der Waals surface area contributed by atoms with Crippen LogP contribution in [0.3, 0.4) is 0 Å². The van der Waals surface area contributed by atoms with Crippen molar-refractivity contribution in [3.8, 4) is 0 Å². The Kier molecular flexibility index (Phi) is 4.43. The van der Waals surface area contributed by atoms with E-state index < -0.39 is 11.0 Å². The van der Waals surface area contributed by atoms with E-state index in [-0.39, 0.29) is 11.5 Å². The second-order valence-corrected chi connectivity index (χ2v) is 7.54. The highest BCUT2D eigenvalue weighted by Crippen LogP contribution is 2.24. The molecule has 0 bridgehead atoms. The lowest BCUT2D eigenvalue weighted by atomic mass is 9.87. The standard InChI is InChI=1S/C15H23NO2S/c1-15(2,3)12-5-7-14(8-6-12)19(17)16-10-9-13(11-16)18-4/h5-8,13H,9-11H2,1-4H3/t13-,19?/m1/s1. The van der Waals surface area contributed by atoms with Crippen LogP contribution in [0.2, 0.25) is 0 Å². The van der Waals surface area contributed by atoms with E-state index >= 15 is 0 Å². The number of hydrogen-bond acceptors (Lipinski definition) is 2. The van der Waals surface area contributed by atoms with Crippen molar-refractivity contribution in [3.63, 3.8) is 0 Å². The maximum atomic E-state index is 12.5. The summed E-state index contributed by atoms with van der Waals surface area (Å²) in [5.41, 5.74) is 1.40. The third-order valence-corrected chi connectivity index (χ3v) is 5.07. The maximum absolute atomic E-state index is 12.5. The van der Waals surface area contributed by atoms with Crippen LogP contribution in [-0.4, -0.2) is 34.8 Å². The molecule has 1 aromatic carbocycles. The first kappa shape index (κ1) is 14.7. The van der Waals surface area contributed by atoms with Crippen molar-refractivity contribution in [2.45, 2.75) is 43.6 Å². The van der Waals surface area contributed by atoms with Gasteiger partial charge in [0.2, 0.25) is 0 Å². The van der Waals surface area contributed by atoms with E-state index in [1.807, 2.05) is 16.4 Å². The summed E-state index contributed by atoms with van der Waals surface area (Å²) in [6.07, 6.45) is 1.18. The number of benzene rings is 1. The summed E-state index contributed by atoms with van der Waals surface area (Å²) in [5.74, 6) is 0. The molecule has 0 saturated carbocycles. The number of ether oxygens (including phenoxy) is 1. The quantitative estimate of drug-likeness (QED) is 0.852. The summed E-state index contributed by atoms with van der Waals surface area (Å²) in [6, 6.07) is 8.13. The Morgan fingerprint density at radius 1 is 1.26 bits per heavy atom. The first-order valence-electron chi connectivity index (χ1n) is 6.72. The van der Waals surface area contributed by atoms with Gasteiger partial charge in [-0.05, 0) is 29.5 Å². The molecule has 1 saturated heterocycles. The van der Waals surface area contributed by atoms with E-state index in [0.717, 1.165) is 24.4 Å². The van der Waals surface area contributed by atoms with Crippen LogP contribution in [0.5, 0.6) is 0 Å². The van der Waals surface area contributed by atoms with Crippen molar-refractivity contribution in [1.29, 1.82) is 0 Å². The lowest BCUT2D eigenvalue weighted by Crippen LogP contribution is -2.25. The van der Waals surface area contributed by atoms with Crippen molar-refractivity contribution in [3.05, 3.63) is 29.8 Å². The van der Waals surface area contributed by atoms with Gasteiger partial charge in [-0.25, -0.2) is 8.51 Å². The number of methoxy groups -OCH3 is 1. The summed E-state index contributed by atoms with van der Waals surface area (Å²) in [6.45, 7) is 8.14. The van der Waals surface area contributed by atoms with Gasteiger partial charge in [-0.1, -0.05) is 32.9 Å². The lowest BCUT2D eigenvalue weighted by Gasteiger charge is -2.20. The van der Waals surface area contributed by atoms with E-state index in [1.54, 1.807) is 7.11 Å². The van der Waals surface area contributed by atoms with Crippen molar-refractivity contribution < 1.29 is 8.95 Å². The van der Waals surface area contributed by atoms with Gasteiger partial charge in [-0.3, -0.25) is 0 Å². The lowest BCUT2D eigenvalue weighted by molar-refractivity contribution is 0.115. The van der Waals surface area contributed by atoms with Crippen LogP contribution < -0.4 is 0 Å². The van der Waals surface area contributed by atoms with Crippen LogP contribution in [0.4, 0.5) is 0 Å². The van der Waals surface area contributed by atoms with Crippen LogP contribution in [0.25, 0.3) is 0 Å². The predicted octanol–water partition coefficient (Wildman–Crippen LogP) is 2.73. The van der Waals surface area contributed by atoms with Crippen LogP contribution in [0.1, 0.15) is 32.8 Å². The molecule has 0 radical (unpaired) electrons. The minimum Gasteiger partial charge on any atom is -0.380 e. The smallest absolute Gasteiger partial charge is 0.127 e. The summed E-state index contributed by atoms with van der Waals surface area (Å²) >= 11 is 0. The molecule has 1 fully saturated rings. The van der Waals surface area contributed by atoms with Gasteiger partial charge in [0.15, 0.2) is 0 Å². The highest BCUT2D eigenvalue weighted by molar-refractivity contribution is 7.82. The van der Waals surface area contributed by atoms with E-state index in [2.05, 4.69) is 32.9 Å². The Morgan fingerprint density at radius 3 is 2.37 bits per heavy atom. The first-order valence-corrected chi connectivity index (χ1v) is 7.82. The fraction of sp³-hybridized carbons (Fsp3) is 0.600. The Labute approximate surface area is 118 Å². The zero-order valence-electron chi connectivity index (χ0n) is 12.2. The van der Waals surface area contributed by atoms with Crippen molar-refractivity contribution in [1.82, 2.24) is 4.31 Å². The molecule has 0 N–H and O–H groups in total. The third-order valence-electron chi connectivity index (χ3n) is 3.60. The largest absolute Gasteiger partial charge is 0.380 e. The first-order chi connectivity index (χ1) is 8.91. The molecule has 0 aromatic heterocycles. The average Bonchev–Trinajstić information content (AvgIpc) is 2.86. The molecule has 106 valence electrons. The SMILES string of the molecule is CO[C@@H]1CCN(S(=O)c2ccc(C(C)(C)C)cc2)C1. The zero-order chi connectivity index (χ0) is 14.0. The zero-order valence-corrected chi connectivity index (χ0v) is 13.0. The van der Waals surface area contributed by atoms with Crippen LogP contribution >= 0.6 is 0 Å². The van der Waals surface area contributed by atoms with Gasteiger partial charge < -0.3 is 4.74 Å². The van der Waals surface area contributed by atoms with Crippen LogP contribution in [-0.2, 0) is 21.1 Å². The molecule has 0 aliphatic carbocycles. The molecule has 0 spiro atoms. The molecule has 1 aromatic rings. The molecule has 4 heteroatoms. The molecule has 0 amide bonds. The molecule has 3 nitrogen and oxygen atoms in total. The van der Waals surface area contributed by atoms with Crippen LogP contribution in [0.15, 0.2) is 29.2 Å². The van der Waals surface area contributed by atoms with Crippen molar-refractivity contribution in [2.24, 2.45) is 0 Å². The summed E-state index contributed by atoms with van der Waals surface area (Å²) in [7, 11) is 0.655. The van der Waals surface area contributed by atoms with Gasteiger partial charge in [-0.2, -0.15) is 0 Å². The Hall–Kier alpha value is -0.710. The summed E-state index contributed by atoms with van der Waals surface area (Å²) in [5, 5.41) is 0. The Bertz CT molecular complexity index is 450. The predicted molar refractivity (Wildman–Crippen MR) is 78.5 cm³/mol. The molecule has 2 rings (SSSR count). The van der Waals surface area contributed by atoms with Crippen molar-refractivity contribution in [2.75, 3.05) is 20.2 Å². The second kappa shape index (κ2) is 5.73. The Morgan fingerprint density at radius 2 is 1.89 bits per heavy atom. The minimum absolute atomic E-state index is 0.134. The number of rotatable bonds is 3. The second-order valence-electron chi connectivity index (χ2n) is 6.06. The van der Waals surface area contributed by atoms with Gasteiger partial charge in [0.25, 0.3) is 0 Å². The maximum Gasteiger partial charge on any atom is 0.127 e. The molecular weight excluding hydrogens is 258 g/mol. The van der Waals surface area contributed by atoms with E-state index in [0.29, 0.717) is 0 Å². The van der Waals surface area contributed by atoms with Gasteiger partial charge in [-0.15, -0.1) is 0 Å². The molecule has 1 aliphatic heterocycles. The fourth-order valence-corrected chi connectivity index (χ4v) is 3.50. The summed E-state index contributed by atoms with van der Waals surface area (Å²) in [4.78, 5) is 0.879. The fourth-order valence-electron chi connectivity index (χ4n) is 2.26. The van der Waals surface area contributed by atoms with Gasteiger partial charge in [0.05, 0.1) is 11.0 Å². The minimum atomic E-state index is -1.06. The molecular formula is C15H23NO2S. The topological polar surface area (TPSA) is 29.5 Å². The van der Waals surface area contributed by atoms with Crippen LogP contribution in [0, 0.1) is 0 Å². The summed E-state index contributed by atoms with van der Waals surface area (Å²) < 4.78 is 19.8. The molecule has 19 heavy (non-hydrogen) atoms. The molecule has 2 atom stereocenters. The molecule has 1 heterocycles. The number of nitrogens with zero attached hydrogens (tertiary/aromatic N) is 1. The highest BCUT2D eigenvalue weighted by Gasteiger charge is 2.27. The molecule has 1 unspecified atom stereocenters. The molecule has 1 aliphatic rings. The highest BCUT2D eigenvalue weighted by atomic mass is 32.2. The Balaban J connectivity index is 2.08. The number of hydrogen-bond donors (Lipinski definition) is 0. The monoisotopic (exact) mass is 281 g/mol. The van der Waals surface area contributed by atoms with Gasteiger partial charge in [0.1, 0.15) is 11.0 Å². The van der Waals surface area contributed by atoms with E-state index in [1.165, 1.54) is 5.56 Å². The third kappa shape index (κ3) is 3.44. The van der Waals surface area contributed by atoms with Gasteiger partial charge >= 0.3 is 0 Å².